The molecule has 0 saturated carbocycles. The molecule has 0 bridgehead atoms. The van der Waals surface area contributed by atoms with Crippen molar-refractivity contribution in [3.05, 3.63) is 82.9 Å². The predicted octanol–water partition coefficient (Wildman–Crippen LogP) is 5.56. The Labute approximate surface area is 221 Å². The van der Waals surface area contributed by atoms with Gasteiger partial charge in [-0.15, -0.1) is 0 Å². The van der Waals surface area contributed by atoms with E-state index in [1.54, 1.807) is 49.4 Å². The van der Waals surface area contributed by atoms with Gasteiger partial charge in [-0.2, -0.15) is 0 Å². The Morgan fingerprint density at radius 1 is 0.947 bits per heavy atom. The van der Waals surface area contributed by atoms with Crippen molar-refractivity contribution >= 4 is 23.1 Å². The Balaban J connectivity index is 2.00. The van der Waals surface area contributed by atoms with Crippen molar-refractivity contribution in [2.75, 3.05) is 25.7 Å². The van der Waals surface area contributed by atoms with Crippen molar-refractivity contribution in [3.8, 4) is 23.0 Å². The molecule has 1 fully saturated rings. The molecular formula is C30H31NO7. The van der Waals surface area contributed by atoms with Crippen LogP contribution in [-0.4, -0.2) is 42.7 Å². The number of nitrogens with zero attached hydrogens (tertiary/aromatic N) is 1. The SMILES string of the molecule is CCOc1cc(C2/C(=C(\O)c3c(OC)cccc3OC)C(=O)C(=O)N2c2ccc(C(C)C)cc2)ccc1O. The lowest BCUT2D eigenvalue weighted by molar-refractivity contribution is -0.132. The third kappa shape index (κ3) is 4.65. The number of anilines is 1. The molecule has 1 saturated heterocycles. The molecule has 1 heterocycles. The molecule has 1 atom stereocenters. The quantitative estimate of drug-likeness (QED) is 0.229. The first-order chi connectivity index (χ1) is 18.2. The van der Waals surface area contributed by atoms with E-state index in [4.69, 9.17) is 14.2 Å². The highest BCUT2D eigenvalue weighted by Crippen LogP contribution is 2.46. The van der Waals surface area contributed by atoms with Crippen molar-refractivity contribution < 1.29 is 34.0 Å². The maximum atomic E-state index is 13.6. The fourth-order valence-corrected chi connectivity index (χ4v) is 4.63. The summed E-state index contributed by atoms with van der Waals surface area (Å²) in [6.07, 6.45) is 0. The van der Waals surface area contributed by atoms with Crippen LogP contribution in [-0.2, 0) is 9.59 Å². The number of rotatable bonds is 8. The summed E-state index contributed by atoms with van der Waals surface area (Å²) in [7, 11) is 2.87. The highest BCUT2D eigenvalue weighted by atomic mass is 16.5. The second-order valence-corrected chi connectivity index (χ2v) is 9.11. The molecular weight excluding hydrogens is 486 g/mol. The number of hydrogen-bond acceptors (Lipinski definition) is 7. The molecule has 0 radical (unpaired) electrons. The third-order valence-electron chi connectivity index (χ3n) is 6.55. The van der Waals surface area contributed by atoms with Crippen LogP contribution in [0.2, 0.25) is 0 Å². The molecule has 198 valence electrons. The number of Topliss-reactive ketones (excluding diaryl/α,β-unsaturated/α-hetero) is 1. The smallest absolute Gasteiger partial charge is 0.300 e. The molecule has 2 N–H and O–H groups in total. The van der Waals surface area contributed by atoms with Crippen molar-refractivity contribution in [2.45, 2.75) is 32.7 Å². The van der Waals surface area contributed by atoms with Crippen molar-refractivity contribution in [3.63, 3.8) is 0 Å². The summed E-state index contributed by atoms with van der Waals surface area (Å²) in [6, 6.07) is 15.9. The topological polar surface area (TPSA) is 106 Å². The van der Waals surface area contributed by atoms with E-state index in [2.05, 4.69) is 13.8 Å². The number of phenols is 1. The maximum absolute atomic E-state index is 13.6. The van der Waals surface area contributed by atoms with E-state index in [1.807, 2.05) is 12.1 Å². The van der Waals surface area contributed by atoms with Gasteiger partial charge >= 0.3 is 0 Å². The fraction of sp³-hybridized carbons (Fsp3) is 0.267. The largest absolute Gasteiger partial charge is 0.506 e. The molecule has 3 aromatic rings. The van der Waals surface area contributed by atoms with Crippen LogP contribution in [0.3, 0.4) is 0 Å². The van der Waals surface area contributed by atoms with Gasteiger partial charge in [-0.05, 0) is 60.4 Å². The van der Waals surface area contributed by atoms with Gasteiger partial charge in [0.1, 0.15) is 22.8 Å². The van der Waals surface area contributed by atoms with Gasteiger partial charge in [0.25, 0.3) is 11.7 Å². The van der Waals surface area contributed by atoms with Gasteiger partial charge in [0.05, 0.1) is 32.4 Å². The van der Waals surface area contributed by atoms with Crippen LogP contribution < -0.4 is 19.1 Å². The molecule has 1 amide bonds. The molecule has 4 rings (SSSR count). The fourth-order valence-electron chi connectivity index (χ4n) is 4.63. The van der Waals surface area contributed by atoms with Crippen LogP contribution in [0.15, 0.2) is 66.2 Å². The van der Waals surface area contributed by atoms with Gasteiger partial charge in [-0.25, -0.2) is 0 Å². The number of methoxy groups -OCH3 is 2. The van der Waals surface area contributed by atoms with Crippen molar-refractivity contribution in [1.82, 2.24) is 0 Å². The van der Waals surface area contributed by atoms with Crippen LogP contribution in [0, 0.1) is 0 Å². The monoisotopic (exact) mass is 517 g/mol. The van der Waals surface area contributed by atoms with Gasteiger partial charge in [-0.1, -0.05) is 38.1 Å². The number of aliphatic hydroxyl groups is 1. The highest BCUT2D eigenvalue weighted by molar-refractivity contribution is 6.51. The number of aliphatic hydroxyl groups excluding tert-OH is 1. The molecule has 8 heteroatoms. The summed E-state index contributed by atoms with van der Waals surface area (Å²) < 4.78 is 16.5. The Hall–Kier alpha value is -4.46. The lowest BCUT2D eigenvalue weighted by atomic mass is 9.94. The Kier molecular flexibility index (Phi) is 7.62. The average Bonchev–Trinajstić information content (AvgIpc) is 3.19. The first-order valence-electron chi connectivity index (χ1n) is 12.3. The van der Waals surface area contributed by atoms with E-state index in [0.29, 0.717) is 17.9 Å². The Morgan fingerprint density at radius 2 is 1.58 bits per heavy atom. The minimum atomic E-state index is -1.02. The molecule has 0 spiro atoms. The highest BCUT2D eigenvalue weighted by Gasteiger charge is 2.47. The van der Waals surface area contributed by atoms with Crippen molar-refractivity contribution in [2.24, 2.45) is 0 Å². The van der Waals surface area contributed by atoms with E-state index in [9.17, 15) is 19.8 Å². The summed E-state index contributed by atoms with van der Waals surface area (Å²) in [6.45, 7) is 6.20. The number of carbonyl (C=O) groups is 2. The van der Waals surface area contributed by atoms with Crippen LogP contribution >= 0.6 is 0 Å². The average molecular weight is 518 g/mol. The maximum Gasteiger partial charge on any atom is 0.300 e. The van der Waals surface area contributed by atoms with Gasteiger partial charge in [0, 0.05) is 5.69 Å². The molecule has 8 nitrogen and oxygen atoms in total. The number of ketones is 1. The Morgan fingerprint density at radius 3 is 2.13 bits per heavy atom. The van der Waals surface area contributed by atoms with E-state index >= 15 is 0 Å². The second-order valence-electron chi connectivity index (χ2n) is 9.11. The van der Waals surface area contributed by atoms with Crippen LogP contribution in [0.25, 0.3) is 5.76 Å². The number of benzene rings is 3. The Bertz CT molecular complexity index is 1370. The van der Waals surface area contributed by atoms with E-state index in [1.165, 1.54) is 25.2 Å². The van der Waals surface area contributed by atoms with E-state index in [-0.39, 0.29) is 40.1 Å². The summed E-state index contributed by atoms with van der Waals surface area (Å²) >= 11 is 0. The molecule has 1 unspecified atom stereocenters. The van der Waals surface area contributed by atoms with Gasteiger partial charge < -0.3 is 24.4 Å². The van der Waals surface area contributed by atoms with E-state index < -0.39 is 23.5 Å². The van der Waals surface area contributed by atoms with Gasteiger partial charge in [0.15, 0.2) is 11.5 Å². The lowest BCUT2D eigenvalue weighted by Gasteiger charge is -2.26. The minimum Gasteiger partial charge on any atom is -0.506 e. The molecule has 0 aliphatic carbocycles. The number of ether oxygens (including phenoxy) is 3. The second kappa shape index (κ2) is 10.9. The summed E-state index contributed by atoms with van der Waals surface area (Å²) in [4.78, 5) is 28.4. The zero-order chi connectivity index (χ0) is 27.6. The van der Waals surface area contributed by atoms with Gasteiger partial charge in [-0.3, -0.25) is 14.5 Å². The van der Waals surface area contributed by atoms with Crippen LogP contribution in [0.4, 0.5) is 5.69 Å². The molecule has 1 aliphatic rings. The molecule has 38 heavy (non-hydrogen) atoms. The first kappa shape index (κ1) is 26.6. The number of carbonyl (C=O) groups excluding carboxylic acids is 2. The van der Waals surface area contributed by atoms with Crippen LogP contribution in [0.5, 0.6) is 23.0 Å². The lowest BCUT2D eigenvalue weighted by Crippen LogP contribution is -2.29. The van der Waals surface area contributed by atoms with Crippen molar-refractivity contribution in [1.29, 1.82) is 0 Å². The standard InChI is InChI=1S/C30H31NO7/c1-6-38-24-16-19(12-15-21(24)32)27-26(28(33)25-22(36-4)8-7-9-23(25)37-5)29(34)30(35)31(27)20-13-10-18(11-14-20)17(2)3/h7-17,27,32-33H,6H2,1-5H3/b28-26+. The number of aromatic hydroxyl groups is 1. The minimum absolute atomic E-state index is 0.0831. The normalized spacial score (nSPS) is 16.7. The molecule has 3 aromatic carbocycles. The van der Waals surface area contributed by atoms with Gasteiger partial charge in [0.2, 0.25) is 0 Å². The molecule has 0 aromatic heterocycles. The third-order valence-corrected chi connectivity index (χ3v) is 6.55. The predicted molar refractivity (Wildman–Crippen MR) is 144 cm³/mol. The summed E-state index contributed by atoms with van der Waals surface area (Å²) in [5.41, 5.74) is 2.04. The van der Waals surface area contributed by atoms with Crippen LogP contribution in [0.1, 0.15) is 49.4 Å². The number of amides is 1. The number of hydrogen-bond donors (Lipinski definition) is 2. The summed E-state index contributed by atoms with van der Waals surface area (Å²) in [5.74, 6) is -1.16. The zero-order valence-corrected chi connectivity index (χ0v) is 22.0. The molecule has 1 aliphatic heterocycles. The number of phenolic OH excluding ortho intramolecular Hbond substituents is 1. The summed E-state index contributed by atoms with van der Waals surface area (Å²) in [5, 5.41) is 21.9. The first-order valence-corrected chi connectivity index (χ1v) is 12.3. The zero-order valence-electron chi connectivity index (χ0n) is 22.0. The van der Waals surface area contributed by atoms with E-state index in [0.717, 1.165) is 5.56 Å².